The van der Waals surface area contributed by atoms with Crippen molar-refractivity contribution in [2.24, 2.45) is 5.73 Å². The van der Waals surface area contributed by atoms with Crippen molar-refractivity contribution in [3.63, 3.8) is 0 Å². The first-order valence-electron chi connectivity index (χ1n) is 6.67. The van der Waals surface area contributed by atoms with Crippen molar-refractivity contribution < 1.29 is 22.8 Å². The number of hydrogen-bond donors (Lipinski definition) is 2. The van der Waals surface area contributed by atoms with E-state index in [4.69, 9.17) is 5.73 Å². The van der Waals surface area contributed by atoms with Crippen LogP contribution in [0.5, 0.6) is 0 Å². The molecule has 1 rings (SSSR count). The molecule has 0 aliphatic rings. The number of likely N-dealkylation sites (N-methyl/N-ethyl adjacent to an activating group) is 1. The Hall–Kier alpha value is -2.09. The fraction of sp³-hybridized carbons (Fsp3) is 0.429. The fourth-order valence-corrected chi connectivity index (χ4v) is 1.84. The van der Waals surface area contributed by atoms with Crippen LogP contribution in [0.25, 0.3) is 0 Å². The van der Waals surface area contributed by atoms with E-state index in [0.717, 1.165) is 12.1 Å². The molecule has 0 fully saturated rings. The molecule has 3 N–H and O–H groups in total. The highest BCUT2D eigenvalue weighted by Crippen LogP contribution is 2.34. The molecule has 0 radical (unpaired) electrons. The second kappa shape index (κ2) is 7.26. The zero-order valence-corrected chi connectivity index (χ0v) is 12.3. The minimum atomic E-state index is -4.57. The van der Waals surface area contributed by atoms with Gasteiger partial charge in [-0.2, -0.15) is 13.2 Å². The number of halogens is 3. The van der Waals surface area contributed by atoms with E-state index in [1.807, 2.05) is 0 Å². The van der Waals surface area contributed by atoms with Gasteiger partial charge in [-0.3, -0.25) is 9.59 Å². The first-order valence-corrected chi connectivity index (χ1v) is 6.67. The predicted molar refractivity (Wildman–Crippen MR) is 76.0 cm³/mol. The molecule has 1 aromatic carbocycles. The summed E-state index contributed by atoms with van der Waals surface area (Å²) in [7, 11) is 0. The lowest BCUT2D eigenvalue weighted by Gasteiger charge is -2.22. The Kier molecular flexibility index (Phi) is 5.92. The Bertz CT molecular complexity index is 544. The van der Waals surface area contributed by atoms with Gasteiger partial charge < -0.3 is 16.0 Å². The fourth-order valence-electron chi connectivity index (χ4n) is 1.84. The second-order valence-corrected chi connectivity index (χ2v) is 4.73. The van der Waals surface area contributed by atoms with Crippen molar-refractivity contribution in [1.82, 2.24) is 4.90 Å². The molecule has 0 spiro atoms. The van der Waals surface area contributed by atoms with Crippen LogP contribution < -0.4 is 11.1 Å². The van der Waals surface area contributed by atoms with Crippen LogP contribution in [0.1, 0.15) is 19.4 Å². The van der Waals surface area contributed by atoms with Crippen LogP contribution in [0.15, 0.2) is 24.3 Å². The minimum Gasteiger partial charge on any atom is -0.332 e. The number of hydrogen-bond acceptors (Lipinski definition) is 3. The zero-order valence-electron chi connectivity index (χ0n) is 12.3. The number of para-hydroxylation sites is 1. The third kappa shape index (κ3) is 4.73. The van der Waals surface area contributed by atoms with E-state index < -0.39 is 29.6 Å². The summed E-state index contributed by atoms with van der Waals surface area (Å²) in [4.78, 5) is 24.8. The van der Waals surface area contributed by atoms with E-state index in [2.05, 4.69) is 5.32 Å². The van der Waals surface area contributed by atoms with Gasteiger partial charge >= 0.3 is 6.18 Å². The quantitative estimate of drug-likeness (QED) is 0.870. The molecule has 0 heterocycles. The van der Waals surface area contributed by atoms with Gasteiger partial charge in [0.2, 0.25) is 11.8 Å². The van der Waals surface area contributed by atoms with E-state index in [9.17, 15) is 22.8 Å². The normalized spacial score (nSPS) is 12.6. The van der Waals surface area contributed by atoms with E-state index in [-0.39, 0.29) is 18.8 Å². The lowest BCUT2D eigenvalue weighted by atomic mass is 10.1. The molecule has 0 bridgehead atoms. The first-order chi connectivity index (χ1) is 10.2. The second-order valence-electron chi connectivity index (χ2n) is 4.73. The number of benzene rings is 1. The van der Waals surface area contributed by atoms with Crippen molar-refractivity contribution in [3.8, 4) is 0 Å². The molecule has 22 heavy (non-hydrogen) atoms. The highest BCUT2D eigenvalue weighted by molar-refractivity contribution is 5.95. The number of amides is 2. The van der Waals surface area contributed by atoms with Gasteiger partial charge in [-0.1, -0.05) is 12.1 Å². The highest BCUT2D eigenvalue weighted by atomic mass is 19.4. The predicted octanol–water partition coefficient (Wildman–Crippen LogP) is 1.84. The molecule has 8 heteroatoms. The summed E-state index contributed by atoms with van der Waals surface area (Å²) < 4.78 is 38.5. The zero-order chi connectivity index (χ0) is 16.9. The summed E-state index contributed by atoms with van der Waals surface area (Å²) in [5, 5.41) is 2.18. The molecule has 1 aromatic rings. The molecule has 122 valence electrons. The van der Waals surface area contributed by atoms with Gasteiger partial charge in [-0.15, -0.1) is 0 Å². The van der Waals surface area contributed by atoms with Crippen LogP contribution in [0.3, 0.4) is 0 Å². The third-order valence-corrected chi connectivity index (χ3v) is 2.92. The third-order valence-electron chi connectivity index (χ3n) is 2.92. The smallest absolute Gasteiger partial charge is 0.332 e. The number of nitrogens with zero attached hydrogens (tertiary/aromatic N) is 1. The van der Waals surface area contributed by atoms with Crippen molar-refractivity contribution in [3.05, 3.63) is 29.8 Å². The van der Waals surface area contributed by atoms with E-state index in [1.54, 1.807) is 6.92 Å². The van der Waals surface area contributed by atoms with Gasteiger partial charge in [0.05, 0.1) is 23.8 Å². The number of anilines is 1. The maximum Gasteiger partial charge on any atom is 0.418 e. The summed E-state index contributed by atoms with van der Waals surface area (Å²) in [5.74, 6) is -1.16. The molecule has 0 saturated carbocycles. The van der Waals surface area contributed by atoms with Gasteiger partial charge in [0.15, 0.2) is 0 Å². The summed E-state index contributed by atoms with van der Waals surface area (Å²) in [6.45, 7) is 3.00. The average molecular weight is 317 g/mol. The summed E-state index contributed by atoms with van der Waals surface area (Å²) in [6, 6.07) is 3.87. The standard InChI is InChI=1S/C14H18F3N3O2/c1-3-20(13(22)9(2)18)8-12(21)19-11-7-5-4-6-10(11)14(15,16)17/h4-7,9H,3,8,18H2,1-2H3,(H,19,21)/t9-/m1/s1. The molecule has 0 aliphatic carbocycles. The maximum atomic E-state index is 12.8. The molecule has 0 aliphatic heterocycles. The van der Waals surface area contributed by atoms with E-state index in [0.29, 0.717) is 0 Å². The first kappa shape index (κ1) is 18.0. The van der Waals surface area contributed by atoms with Crippen LogP contribution in [-0.4, -0.2) is 35.8 Å². The molecule has 0 saturated heterocycles. The van der Waals surface area contributed by atoms with Crippen LogP contribution in [0.2, 0.25) is 0 Å². The largest absolute Gasteiger partial charge is 0.418 e. The number of nitrogens with two attached hydrogens (primary N) is 1. The summed E-state index contributed by atoms with van der Waals surface area (Å²) in [6.07, 6.45) is -4.57. The minimum absolute atomic E-state index is 0.231. The number of alkyl halides is 3. The highest BCUT2D eigenvalue weighted by Gasteiger charge is 2.33. The molecule has 0 aromatic heterocycles. The van der Waals surface area contributed by atoms with Crippen LogP contribution in [-0.2, 0) is 15.8 Å². The Morgan fingerprint density at radius 2 is 1.91 bits per heavy atom. The van der Waals surface area contributed by atoms with Crippen LogP contribution in [0, 0.1) is 0 Å². The number of carbonyl (C=O) groups excluding carboxylic acids is 2. The molecule has 2 amide bonds. The number of nitrogens with one attached hydrogen (secondary N) is 1. The van der Waals surface area contributed by atoms with Crippen LogP contribution >= 0.6 is 0 Å². The Labute approximate surface area is 126 Å². The van der Waals surface area contributed by atoms with Gasteiger partial charge in [-0.05, 0) is 26.0 Å². The van der Waals surface area contributed by atoms with Crippen molar-refractivity contribution in [1.29, 1.82) is 0 Å². The van der Waals surface area contributed by atoms with E-state index >= 15 is 0 Å². The Morgan fingerprint density at radius 3 is 2.41 bits per heavy atom. The molecular formula is C14H18F3N3O2. The molecular weight excluding hydrogens is 299 g/mol. The van der Waals surface area contributed by atoms with E-state index in [1.165, 1.54) is 24.0 Å². The molecule has 1 atom stereocenters. The van der Waals surface area contributed by atoms with Crippen molar-refractivity contribution in [2.45, 2.75) is 26.1 Å². The average Bonchev–Trinajstić information content (AvgIpc) is 2.43. The monoisotopic (exact) mass is 317 g/mol. The Balaban J connectivity index is 2.84. The number of rotatable bonds is 5. The lowest BCUT2D eigenvalue weighted by molar-refractivity contribution is -0.137. The van der Waals surface area contributed by atoms with Crippen LogP contribution in [0.4, 0.5) is 18.9 Å². The van der Waals surface area contributed by atoms with Gasteiger partial charge in [0, 0.05) is 6.54 Å². The van der Waals surface area contributed by atoms with Crippen molar-refractivity contribution in [2.75, 3.05) is 18.4 Å². The van der Waals surface area contributed by atoms with Gasteiger partial charge in [0.1, 0.15) is 0 Å². The maximum absolute atomic E-state index is 12.8. The number of carbonyl (C=O) groups is 2. The molecule has 0 unspecified atom stereocenters. The van der Waals surface area contributed by atoms with Gasteiger partial charge in [0.25, 0.3) is 0 Å². The van der Waals surface area contributed by atoms with Crippen molar-refractivity contribution >= 4 is 17.5 Å². The SMILES string of the molecule is CCN(CC(=O)Nc1ccccc1C(F)(F)F)C(=O)[C@@H](C)N. The molecule has 5 nitrogen and oxygen atoms in total. The van der Waals surface area contributed by atoms with Gasteiger partial charge in [-0.25, -0.2) is 0 Å². The lowest BCUT2D eigenvalue weighted by Crippen LogP contribution is -2.45. The summed E-state index contributed by atoms with van der Waals surface area (Å²) >= 11 is 0. The Morgan fingerprint density at radius 1 is 1.32 bits per heavy atom. The topological polar surface area (TPSA) is 75.4 Å². The summed E-state index contributed by atoms with van der Waals surface area (Å²) in [5.41, 5.74) is 4.17.